The van der Waals surface area contributed by atoms with Crippen LogP contribution in [0.25, 0.3) is 0 Å². The third kappa shape index (κ3) is 9.81. The van der Waals surface area contributed by atoms with E-state index in [1.807, 2.05) is 0 Å². The molecule has 0 aromatic carbocycles. The average molecular weight is 313 g/mol. The van der Waals surface area contributed by atoms with E-state index < -0.39 is 0 Å². The van der Waals surface area contributed by atoms with E-state index in [0.29, 0.717) is 6.10 Å². The monoisotopic (exact) mass is 312 g/mol. The summed E-state index contributed by atoms with van der Waals surface area (Å²) in [5.74, 6) is 0. The maximum Gasteiger partial charge on any atom is 0.0575 e. The Morgan fingerprint density at radius 1 is 0.818 bits per heavy atom. The van der Waals surface area contributed by atoms with Crippen molar-refractivity contribution in [2.45, 2.75) is 77.7 Å². The van der Waals surface area contributed by atoms with Gasteiger partial charge in [0.15, 0.2) is 0 Å². The van der Waals surface area contributed by atoms with Crippen LogP contribution in [0.1, 0.15) is 71.6 Å². The van der Waals surface area contributed by atoms with Crippen LogP contribution in [-0.4, -0.2) is 62.3 Å². The highest BCUT2D eigenvalue weighted by atomic mass is 16.5. The van der Waals surface area contributed by atoms with E-state index in [-0.39, 0.29) is 0 Å². The molecule has 0 aliphatic carbocycles. The zero-order valence-electron chi connectivity index (χ0n) is 15.5. The predicted octanol–water partition coefficient (Wildman–Crippen LogP) is 4.17. The normalized spacial score (nSPS) is 17.5. The van der Waals surface area contributed by atoms with Crippen LogP contribution in [0, 0.1) is 0 Å². The summed E-state index contributed by atoms with van der Waals surface area (Å²) in [6.07, 6.45) is 12.3. The molecule has 0 aromatic heterocycles. The molecular weight excluding hydrogens is 272 g/mol. The van der Waals surface area contributed by atoms with Crippen molar-refractivity contribution in [3.8, 4) is 0 Å². The molecule has 0 spiro atoms. The highest BCUT2D eigenvalue weighted by Crippen LogP contribution is 2.14. The summed E-state index contributed by atoms with van der Waals surface area (Å²) >= 11 is 0. The molecule has 1 aliphatic rings. The lowest BCUT2D eigenvalue weighted by Gasteiger charge is -2.32. The number of rotatable bonds is 13. The number of hydrogen-bond acceptors (Lipinski definition) is 3. The Hall–Kier alpha value is -0.120. The molecule has 1 saturated heterocycles. The predicted molar refractivity (Wildman–Crippen MR) is 96.6 cm³/mol. The Morgan fingerprint density at radius 3 is 1.95 bits per heavy atom. The second kappa shape index (κ2) is 13.3. The van der Waals surface area contributed by atoms with Crippen molar-refractivity contribution in [1.29, 1.82) is 0 Å². The largest absolute Gasteiger partial charge is 0.378 e. The molecule has 1 fully saturated rings. The second-order valence-corrected chi connectivity index (χ2v) is 6.98. The average Bonchev–Trinajstić information content (AvgIpc) is 2.53. The Bertz CT molecular complexity index is 230. The number of unbranched alkanes of at least 4 members (excludes halogenated alkanes) is 4. The summed E-state index contributed by atoms with van der Waals surface area (Å²) in [5, 5.41) is 0. The molecule has 0 N–H and O–H groups in total. The third-order valence-electron chi connectivity index (χ3n) is 4.83. The summed E-state index contributed by atoms with van der Waals surface area (Å²) in [5.41, 5.74) is 0. The molecule has 1 aliphatic heterocycles. The lowest BCUT2D eigenvalue weighted by atomic mass is 10.0. The van der Waals surface area contributed by atoms with Gasteiger partial charge in [-0.25, -0.2) is 0 Å². The smallest absolute Gasteiger partial charge is 0.0575 e. The minimum Gasteiger partial charge on any atom is -0.378 e. The summed E-state index contributed by atoms with van der Waals surface area (Å²) in [6, 6.07) is 0. The van der Waals surface area contributed by atoms with Gasteiger partial charge in [-0.1, -0.05) is 52.4 Å². The fourth-order valence-corrected chi connectivity index (χ4v) is 3.16. The Labute approximate surface area is 139 Å². The summed E-state index contributed by atoms with van der Waals surface area (Å²) in [7, 11) is 2.22. The summed E-state index contributed by atoms with van der Waals surface area (Å²) < 4.78 is 6.21. The quantitative estimate of drug-likeness (QED) is 0.475. The molecule has 0 radical (unpaired) electrons. The van der Waals surface area contributed by atoms with Crippen LogP contribution in [0.2, 0.25) is 0 Å². The Balaban J connectivity index is 2.09. The van der Waals surface area contributed by atoms with E-state index in [9.17, 15) is 0 Å². The van der Waals surface area contributed by atoms with Crippen LogP contribution in [0.3, 0.4) is 0 Å². The van der Waals surface area contributed by atoms with Crippen LogP contribution < -0.4 is 0 Å². The van der Waals surface area contributed by atoms with E-state index in [2.05, 4.69) is 30.7 Å². The van der Waals surface area contributed by atoms with Crippen molar-refractivity contribution in [2.24, 2.45) is 0 Å². The minimum absolute atomic E-state index is 0.519. The minimum atomic E-state index is 0.519. The molecule has 22 heavy (non-hydrogen) atoms. The fraction of sp³-hybridized carbons (Fsp3) is 1.00. The first-order valence-electron chi connectivity index (χ1n) is 9.78. The maximum atomic E-state index is 6.21. The number of ether oxygens (including phenoxy) is 1. The van der Waals surface area contributed by atoms with Crippen molar-refractivity contribution in [3.63, 3.8) is 0 Å². The number of nitrogens with zero attached hydrogens (tertiary/aromatic N) is 2. The highest BCUT2D eigenvalue weighted by molar-refractivity contribution is 4.69. The molecule has 3 heteroatoms. The lowest BCUT2D eigenvalue weighted by Crippen LogP contribution is -2.44. The van der Waals surface area contributed by atoms with E-state index in [4.69, 9.17) is 4.74 Å². The zero-order valence-corrected chi connectivity index (χ0v) is 15.5. The van der Waals surface area contributed by atoms with E-state index in [1.165, 1.54) is 90.5 Å². The van der Waals surface area contributed by atoms with Gasteiger partial charge in [-0.2, -0.15) is 0 Å². The number of piperazine rings is 1. The van der Waals surface area contributed by atoms with Crippen LogP contribution in [0.15, 0.2) is 0 Å². The summed E-state index contributed by atoms with van der Waals surface area (Å²) in [6.45, 7) is 11.6. The first-order valence-corrected chi connectivity index (χ1v) is 9.78. The van der Waals surface area contributed by atoms with E-state index in [0.717, 1.165) is 6.61 Å². The van der Waals surface area contributed by atoms with Gasteiger partial charge >= 0.3 is 0 Å². The molecule has 132 valence electrons. The maximum absolute atomic E-state index is 6.21. The number of likely N-dealkylation sites (N-methyl/N-ethyl adjacent to an activating group) is 1. The van der Waals surface area contributed by atoms with Gasteiger partial charge in [-0.15, -0.1) is 0 Å². The van der Waals surface area contributed by atoms with Crippen molar-refractivity contribution in [2.75, 3.05) is 46.4 Å². The van der Waals surface area contributed by atoms with Gasteiger partial charge in [0.2, 0.25) is 0 Å². The Morgan fingerprint density at radius 2 is 1.41 bits per heavy atom. The van der Waals surface area contributed by atoms with Gasteiger partial charge in [0.25, 0.3) is 0 Å². The van der Waals surface area contributed by atoms with Crippen LogP contribution in [0.4, 0.5) is 0 Å². The van der Waals surface area contributed by atoms with Gasteiger partial charge in [-0.3, -0.25) is 0 Å². The van der Waals surface area contributed by atoms with Gasteiger partial charge in [0, 0.05) is 39.3 Å². The van der Waals surface area contributed by atoms with Crippen LogP contribution in [0.5, 0.6) is 0 Å². The van der Waals surface area contributed by atoms with Crippen molar-refractivity contribution in [1.82, 2.24) is 9.80 Å². The van der Waals surface area contributed by atoms with E-state index in [1.54, 1.807) is 0 Å². The fourth-order valence-electron chi connectivity index (χ4n) is 3.16. The molecule has 0 aromatic rings. The molecular formula is C19H40N2O. The molecule has 0 unspecified atom stereocenters. The van der Waals surface area contributed by atoms with Crippen LogP contribution >= 0.6 is 0 Å². The van der Waals surface area contributed by atoms with Crippen molar-refractivity contribution in [3.05, 3.63) is 0 Å². The van der Waals surface area contributed by atoms with Gasteiger partial charge in [-0.05, 0) is 26.3 Å². The third-order valence-corrected chi connectivity index (χ3v) is 4.83. The van der Waals surface area contributed by atoms with Crippen LogP contribution in [-0.2, 0) is 4.74 Å². The van der Waals surface area contributed by atoms with Gasteiger partial charge in [0.1, 0.15) is 0 Å². The zero-order chi connectivity index (χ0) is 16.0. The molecule has 3 nitrogen and oxygen atoms in total. The molecule has 0 amide bonds. The SMILES string of the molecule is CCCCCC(CCCCC)OCCCN1CCN(C)CC1. The first-order chi connectivity index (χ1) is 10.8. The van der Waals surface area contributed by atoms with Crippen molar-refractivity contribution < 1.29 is 4.74 Å². The topological polar surface area (TPSA) is 15.7 Å². The highest BCUT2D eigenvalue weighted by Gasteiger charge is 2.13. The molecule has 0 saturated carbocycles. The molecule has 1 heterocycles. The second-order valence-electron chi connectivity index (χ2n) is 6.98. The van der Waals surface area contributed by atoms with Gasteiger partial charge < -0.3 is 14.5 Å². The van der Waals surface area contributed by atoms with Gasteiger partial charge in [0.05, 0.1) is 6.10 Å². The Kier molecular flexibility index (Phi) is 12.1. The van der Waals surface area contributed by atoms with Crippen molar-refractivity contribution >= 4 is 0 Å². The standard InChI is InChI=1S/C19H40N2O/c1-4-6-8-11-19(12-9-7-5-2)22-18-10-13-21-16-14-20(3)15-17-21/h19H,4-18H2,1-3H3. The lowest BCUT2D eigenvalue weighted by molar-refractivity contribution is 0.0305. The van der Waals surface area contributed by atoms with E-state index >= 15 is 0 Å². The molecule has 1 rings (SSSR count). The number of hydrogen-bond donors (Lipinski definition) is 0. The molecule has 0 bridgehead atoms. The first kappa shape index (κ1) is 19.9. The molecule has 0 atom stereocenters. The summed E-state index contributed by atoms with van der Waals surface area (Å²) in [4.78, 5) is 5.01.